The van der Waals surface area contributed by atoms with Crippen molar-refractivity contribution in [3.8, 4) is 17.2 Å². The molecule has 0 unspecified atom stereocenters. The van der Waals surface area contributed by atoms with Crippen molar-refractivity contribution < 1.29 is 28.2 Å². The van der Waals surface area contributed by atoms with Crippen LogP contribution >= 0.6 is 22.6 Å². The van der Waals surface area contributed by atoms with Gasteiger partial charge in [-0.3, -0.25) is 4.79 Å². The van der Waals surface area contributed by atoms with Gasteiger partial charge in [0.1, 0.15) is 23.9 Å². The minimum absolute atomic E-state index is 0.121. The molecule has 1 amide bonds. The molecule has 2 aromatic carbocycles. The van der Waals surface area contributed by atoms with Crippen molar-refractivity contribution in [2.75, 3.05) is 13.7 Å². The van der Waals surface area contributed by atoms with Gasteiger partial charge in [0.2, 0.25) is 0 Å². The molecule has 9 nitrogen and oxygen atoms in total. The summed E-state index contributed by atoms with van der Waals surface area (Å²) in [5, 5.41) is 3.98. The van der Waals surface area contributed by atoms with E-state index in [1.807, 2.05) is 24.3 Å². The van der Waals surface area contributed by atoms with Gasteiger partial charge in [0.05, 0.1) is 16.9 Å². The Morgan fingerprint density at radius 1 is 1.00 bits per heavy atom. The first kappa shape index (κ1) is 27.0. The van der Waals surface area contributed by atoms with Gasteiger partial charge in [-0.25, -0.2) is 10.2 Å². The molecule has 2 heterocycles. The highest BCUT2D eigenvalue weighted by Gasteiger charge is 2.12. The second-order valence-corrected chi connectivity index (χ2v) is 9.42. The van der Waals surface area contributed by atoms with Gasteiger partial charge in [-0.1, -0.05) is 0 Å². The third-order valence-corrected chi connectivity index (χ3v) is 6.38. The van der Waals surface area contributed by atoms with E-state index >= 15 is 0 Å². The number of amides is 1. The van der Waals surface area contributed by atoms with Gasteiger partial charge in [0.25, 0.3) is 0 Å². The highest BCUT2D eigenvalue weighted by Crippen LogP contribution is 2.22. The lowest BCUT2D eigenvalue weighted by Gasteiger charge is -2.10. The minimum Gasteiger partial charge on any atom is -0.486 e. The van der Waals surface area contributed by atoms with E-state index in [1.54, 1.807) is 30.3 Å². The van der Waals surface area contributed by atoms with Crippen molar-refractivity contribution in [1.29, 1.82) is 0 Å². The Morgan fingerprint density at radius 2 is 1.74 bits per heavy atom. The van der Waals surface area contributed by atoms with Crippen LogP contribution in [0.5, 0.6) is 11.5 Å². The summed E-state index contributed by atoms with van der Waals surface area (Å²) < 4.78 is 24.3. The number of carbonyl (C=O) groups is 2. The number of carbonyl (C=O) groups excluding carboxylic acids is 2. The highest BCUT2D eigenvalue weighted by atomic mass is 127. The molecule has 196 valence electrons. The molecule has 0 saturated carbocycles. The van der Waals surface area contributed by atoms with Crippen LogP contribution < -0.4 is 14.9 Å². The fourth-order valence-electron chi connectivity index (χ4n) is 3.63. The third kappa shape index (κ3) is 6.82. The Kier molecular flexibility index (Phi) is 8.85. The smallest absolute Gasteiger partial charge is 0.343 e. The van der Waals surface area contributed by atoms with Gasteiger partial charge in [0, 0.05) is 17.1 Å². The van der Waals surface area contributed by atoms with E-state index in [2.05, 4.69) is 68.4 Å². The number of rotatable bonds is 10. The van der Waals surface area contributed by atoms with E-state index in [0.29, 0.717) is 17.3 Å². The van der Waals surface area contributed by atoms with Crippen LogP contribution in [0.1, 0.15) is 33.3 Å². The summed E-state index contributed by atoms with van der Waals surface area (Å²) in [6.07, 6.45) is 1.50. The number of nitrogens with one attached hydrogen (secondary N) is 1. The lowest BCUT2D eigenvalue weighted by molar-refractivity contribution is -0.142. The average molecular weight is 627 g/mol. The zero-order valence-electron chi connectivity index (χ0n) is 21.1. The van der Waals surface area contributed by atoms with E-state index in [1.165, 1.54) is 13.3 Å². The molecule has 0 aliphatic carbocycles. The molecule has 10 heteroatoms. The van der Waals surface area contributed by atoms with Gasteiger partial charge in [-0.2, -0.15) is 5.10 Å². The lowest BCUT2D eigenvalue weighted by atomic mass is 10.2. The van der Waals surface area contributed by atoms with Crippen LogP contribution in [-0.2, 0) is 16.1 Å². The predicted molar refractivity (Wildman–Crippen MR) is 150 cm³/mol. The quantitative estimate of drug-likeness (QED) is 0.112. The zero-order chi connectivity index (χ0) is 27.1. The fraction of sp³-hybridized carbons (Fsp3) is 0.179. The van der Waals surface area contributed by atoms with E-state index < -0.39 is 11.9 Å². The van der Waals surface area contributed by atoms with Gasteiger partial charge < -0.3 is 23.2 Å². The minimum atomic E-state index is -0.484. The van der Waals surface area contributed by atoms with E-state index in [0.717, 1.165) is 26.2 Å². The van der Waals surface area contributed by atoms with Crippen LogP contribution in [0.3, 0.4) is 0 Å². The number of methoxy groups -OCH3 is 1. The Hall–Kier alpha value is -4.06. The van der Waals surface area contributed by atoms with E-state index in [-0.39, 0.29) is 19.0 Å². The van der Waals surface area contributed by atoms with Crippen LogP contribution in [-0.4, -0.2) is 36.4 Å². The molecule has 0 aliphatic heterocycles. The maximum Gasteiger partial charge on any atom is 0.343 e. The Balaban J connectivity index is 1.27. The summed E-state index contributed by atoms with van der Waals surface area (Å²) >= 11 is 2.09. The molecule has 0 spiro atoms. The molecule has 4 aromatic rings. The monoisotopic (exact) mass is 627 g/mol. The number of hydrogen-bond donors (Lipinski definition) is 1. The Morgan fingerprint density at radius 3 is 2.42 bits per heavy atom. The maximum absolute atomic E-state index is 12.4. The topological polar surface area (TPSA) is 104 Å². The number of nitrogens with zero attached hydrogens (tertiary/aromatic N) is 2. The van der Waals surface area contributed by atoms with Crippen molar-refractivity contribution in [2.45, 2.75) is 20.5 Å². The second-order valence-electron chi connectivity index (χ2n) is 8.25. The Labute approximate surface area is 233 Å². The summed E-state index contributed by atoms with van der Waals surface area (Å²) in [6, 6.07) is 20.5. The van der Waals surface area contributed by atoms with Crippen LogP contribution in [0.2, 0.25) is 0 Å². The number of hydrogen-bond acceptors (Lipinski definition) is 7. The number of ether oxygens (including phenoxy) is 3. The number of furan rings is 1. The van der Waals surface area contributed by atoms with Crippen LogP contribution in [0.25, 0.3) is 5.69 Å². The first-order valence-corrected chi connectivity index (χ1v) is 12.7. The van der Waals surface area contributed by atoms with E-state index in [4.69, 9.17) is 13.9 Å². The van der Waals surface area contributed by atoms with Crippen molar-refractivity contribution in [3.63, 3.8) is 0 Å². The summed E-state index contributed by atoms with van der Waals surface area (Å²) in [7, 11) is 1.30. The highest BCUT2D eigenvalue weighted by molar-refractivity contribution is 14.1. The van der Waals surface area contributed by atoms with E-state index in [9.17, 15) is 9.59 Å². The summed E-state index contributed by atoms with van der Waals surface area (Å²) in [6.45, 7) is 4.14. The molecular formula is C28H26IN3O6. The Bertz CT molecular complexity index is 1440. The predicted octanol–water partition coefficient (Wildman–Crippen LogP) is 5.19. The van der Waals surface area contributed by atoms with Gasteiger partial charge in [-0.05, 0) is 109 Å². The van der Waals surface area contributed by atoms with Crippen molar-refractivity contribution in [1.82, 2.24) is 9.99 Å². The average Bonchev–Trinajstić information content (AvgIpc) is 3.53. The second kappa shape index (κ2) is 12.5. The molecule has 0 fully saturated rings. The zero-order valence-corrected chi connectivity index (χ0v) is 23.2. The van der Waals surface area contributed by atoms with Crippen LogP contribution in [0.15, 0.2) is 76.2 Å². The number of aromatic nitrogens is 1. The maximum atomic E-state index is 12.4. The van der Waals surface area contributed by atoms with Crippen LogP contribution in [0.4, 0.5) is 0 Å². The normalized spacial score (nSPS) is 10.9. The molecule has 2 aromatic heterocycles. The molecule has 1 N–H and O–H groups in total. The summed E-state index contributed by atoms with van der Waals surface area (Å²) in [5.41, 5.74) is 6.57. The van der Waals surface area contributed by atoms with Crippen molar-refractivity contribution in [2.24, 2.45) is 5.10 Å². The molecule has 0 atom stereocenters. The van der Waals surface area contributed by atoms with Gasteiger partial charge >= 0.3 is 11.9 Å². The van der Waals surface area contributed by atoms with Crippen molar-refractivity contribution in [3.05, 3.63) is 98.8 Å². The number of hydrazone groups is 1. The molecular weight excluding hydrogens is 601 g/mol. The van der Waals surface area contributed by atoms with Crippen molar-refractivity contribution >= 4 is 40.7 Å². The molecule has 38 heavy (non-hydrogen) atoms. The SMILES string of the molecule is COC(=O)COc1ccc(/C=N/NC(=O)c2ccc(COc3ccc(-n4c(C)ccc4C)cc3)o2)cc1I. The number of aryl methyl sites for hydroxylation is 2. The number of benzene rings is 2. The number of esters is 1. The first-order valence-electron chi connectivity index (χ1n) is 11.6. The third-order valence-electron chi connectivity index (χ3n) is 5.54. The summed E-state index contributed by atoms with van der Waals surface area (Å²) in [5.74, 6) is 0.925. The molecule has 0 saturated heterocycles. The summed E-state index contributed by atoms with van der Waals surface area (Å²) in [4.78, 5) is 23.6. The molecule has 0 aliphatic rings. The fourth-order valence-corrected chi connectivity index (χ4v) is 4.32. The first-order chi connectivity index (χ1) is 18.3. The van der Waals surface area contributed by atoms with Crippen LogP contribution in [0, 0.1) is 17.4 Å². The largest absolute Gasteiger partial charge is 0.486 e. The molecule has 0 bridgehead atoms. The van der Waals surface area contributed by atoms with Gasteiger partial charge in [0.15, 0.2) is 12.4 Å². The lowest BCUT2D eigenvalue weighted by Crippen LogP contribution is -2.16. The van der Waals surface area contributed by atoms with Gasteiger partial charge in [-0.15, -0.1) is 0 Å². The standard InChI is InChI=1S/C28H26IN3O6/c1-18-4-5-19(2)32(18)21-7-9-22(10-8-21)36-16-23-11-13-26(38-23)28(34)31-30-15-20-6-12-25(24(29)14-20)37-17-27(33)35-3/h4-15H,16-17H2,1-3H3,(H,31,34)/b30-15+. The molecule has 4 rings (SSSR count). The molecule has 0 radical (unpaired) electrons. The number of halogens is 1.